The van der Waals surface area contributed by atoms with Crippen LogP contribution in [0.5, 0.6) is 11.5 Å². The van der Waals surface area contributed by atoms with E-state index in [9.17, 15) is 4.79 Å². The maximum Gasteiger partial charge on any atom is 0.224 e. The highest BCUT2D eigenvalue weighted by molar-refractivity contribution is 5.93. The second-order valence-electron chi connectivity index (χ2n) is 4.28. The van der Waals surface area contributed by atoms with Gasteiger partial charge in [-0.2, -0.15) is 0 Å². The molecular formula is C15H13NO2. The minimum atomic E-state index is 0.0164. The van der Waals surface area contributed by atoms with Crippen molar-refractivity contribution in [2.75, 3.05) is 4.90 Å². The van der Waals surface area contributed by atoms with Crippen molar-refractivity contribution >= 4 is 11.6 Å². The molecule has 0 bridgehead atoms. The molecule has 0 fully saturated rings. The standard InChI is InChI=1S/C15H13NO2/c1-11(17)16-10-12-6-2-4-8-14(12)18-15-9-5-3-7-13(15)16/h2-9H,10H2,1H3. The molecule has 2 aromatic rings. The van der Waals surface area contributed by atoms with Crippen LogP contribution in [0.25, 0.3) is 0 Å². The Hall–Kier alpha value is -2.29. The molecule has 0 N–H and O–H groups in total. The van der Waals surface area contributed by atoms with Crippen LogP contribution in [0.3, 0.4) is 0 Å². The van der Waals surface area contributed by atoms with Gasteiger partial charge in [-0.25, -0.2) is 0 Å². The zero-order valence-corrected chi connectivity index (χ0v) is 10.1. The first-order chi connectivity index (χ1) is 8.75. The highest BCUT2D eigenvalue weighted by atomic mass is 16.5. The van der Waals surface area contributed by atoms with Crippen molar-refractivity contribution in [2.45, 2.75) is 13.5 Å². The number of ether oxygens (including phenoxy) is 1. The Morgan fingerprint density at radius 2 is 1.72 bits per heavy atom. The Kier molecular flexibility index (Phi) is 2.52. The molecular weight excluding hydrogens is 226 g/mol. The summed E-state index contributed by atoms with van der Waals surface area (Å²) in [5.74, 6) is 1.55. The lowest BCUT2D eigenvalue weighted by Crippen LogP contribution is -2.27. The van der Waals surface area contributed by atoms with Crippen molar-refractivity contribution in [3.8, 4) is 11.5 Å². The number of carbonyl (C=O) groups is 1. The first kappa shape index (κ1) is 10.8. The van der Waals surface area contributed by atoms with Crippen LogP contribution < -0.4 is 9.64 Å². The van der Waals surface area contributed by atoms with Gasteiger partial charge in [0.15, 0.2) is 5.75 Å². The minimum Gasteiger partial charge on any atom is -0.455 e. The highest BCUT2D eigenvalue weighted by Crippen LogP contribution is 2.38. The van der Waals surface area contributed by atoms with Gasteiger partial charge in [0.1, 0.15) is 5.75 Å². The largest absolute Gasteiger partial charge is 0.455 e. The summed E-state index contributed by atoms with van der Waals surface area (Å²) in [7, 11) is 0. The molecule has 3 nitrogen and oxygen atoms in total. The van der Waals surface area contributed by atoms with Crippen molar-refractivity contribution in [1.82, 2.24) is 0 Å². The molecule has 0 spiro atoms. The summed E-state index contributed by atoms with van der Waals surface area (Å²) in [5.41, 5.74) is 1.84. The lowest BCUT2D eigenvalue weighted by Gasteiger charge is -2.19. The van der Waals surface area contributed by atoms with Gasteiger partial charge in [0.05, 0.1) is 12.2 Å². The van der Waals surface area contributed by atoms with Gasteiger partial charge in [-0.1, -0.05) is 30.3 Å². The number of carbonyl (C=O) groups excluding carboxylic acids is 1. The zero-order chi connectivity index (χ0) is 12.5. The van der Waals surface area contributed by atoms with Crippen LogP contribution in [0.15, 0.2) is 48.5 Å². The molecule has 0 unspecified atom stereocenters. The predicted octanol–water partition coefficient (Wildman–Crippen LogP) is 3.35. The number of rotatable bonds is 0. The van der Waals surface area contributed by atoms with Crippen molar-refractivity contribution in [3.63, 3.8) is 0 Å². The molecule has 1 heterocycles. The van der Waals surface area contributed by atoms with E-state index in [1.165, 1.54) is 0 Å². The molecule has 0 aliphatic carbocycles. The van der Waals surface area contributed by atoms with Gasteiger partial charge in [0, 0.05) is 12.5 Å². The second kappa shape index (κ2) is 4.18. The molecule has 1 aliphatic rings. The third-order valence-corrected chi connectivity index (χ3v) is 3.06. The van der Waals surface area contributed by atoms with E-state index in [1.807, 2.05) is 48.5 Å². The summed E-state index contributed by atoms with van der Waals surface area (Å²) in [6, 6.07) is 15.4. The lowest BCUT2D eigenvalue weighted by atomic mass is 10.2. The summed E-state index contributed by atoms with van der Waals surface area (Å²) < 4.78 is 5.89. The summed E-state index contributed by atoms with van der Waals surface area (Å²) in [4.78, 5) is 13.5. The van der Waals surface area contributed by atoms with Gasteiger partial charge in [0.2, 0.25) is 5.91 Å². The summed E-state index contributed by atoms with van der Waals surface area (Å²) in [5, 5.41) is 0. The van der Waals surface area contributed by atoms with Crippen LogP contribution >= 0.6 is 0 Å². The van der Waals surface area contributed by atoms with E-state index in [4.69, 9.17) is 4.74 Å². The maximum absolute atomic E-state index is 11.8. The molecule has 1 amide bonds. The number of nitrogens with zero attached hydrogens (tertiary/aromatic N) is 1. The minimum absolute atomic E-state index is 0.0164. The fourth-order valence-electron chi connectivity index (χ4n) is 2.16. The van der Waals surface area contributed by atoms with E-state index in [2.05, 4.69) is 0 Å². The molecule has 18 heavy (non-hydrogen) atoms. The SMILES string of the molecule is CC(=O)N1Cc2ccccc2Oc2ccccc21. The number of para-hydroxylation sites is 3. The summed E-state index contributed by atoms with van der Waals surface area (Å²) in [6.07, 6.45) is 0. The normalized spacial score (nSPS) is 13.1. The topological polar surface area (TPSA) is 29.5 Å². The molecule has 0 radical (unpaired) electrons. The first-order valence-corrected chi connectivity index (χ1v) is 5.88. The van der Waals surface area contributed by atoms with Crippen LogP contribution in [0.4, 0.5) is 5.69 Å². The average Bonchev–Trinajstić information content (AvgIpc) is 2.55. The fraction of sp³-hybridized carbons (Fsp3) is 0.133. The molecule has 0 aromatic heterocycles. The van der Waals surface area contributed by atoms with Crippen LogP contribution in [0, 0.1) is 0 Å². The molecule has 0 atom stereocenters. The van der Waals surface area contributed by atoms with Gasteiger partial charge in [-0.3, -0.25) is 4.79 Å². The van der Waals surface area contributed by atoms with Crippen molar-refractivity contribution < 1.29 is 9.53 Å². The maximum atomic E-state index is 11.8. The Bertz CT molecular complexity index is 607. The fourth-order valence-corrected chi connectivity index (χ4v) is 2.16. The van der Waals surface area contributed by atoms with Crippen molar-refractivity contribution in [2.24, 2.45) is 0 Å². The molecule has 90 valence electrons. The van der Waals surface area contributed by atoms with Gasteiger partial charge in [-0.15, -0.1) is 0 Å². The van der Waals surface area contributed by atoms with Crippen molar-refractivity contribution in [3.05, 3.63) is 54.1 Å². The number of anilines is 1. The number of hydrogen-bond acceptors (Lipinski definition) is 2. The molecule has 0 saturated carbocycles. The Morgan fingerprint density at radius 1 is 1.06 bits per heavy atom. The van der Waals surface area contributed by atoms with Crippen LogP contribution in [0.1, 0.15) is 12.5 Å². The van der Waals surface area contributed by atoms with Gasteiger partial charge in [-0.05, 0) is 18.2 Å². The number of amides is 1. The Labute approximate surface area is 106 Å². The lowest BCUT2D eigenvalue weighted by molar-refractivity contribution is -0.116. The average molecular weight is 239 g/mol. The Morgan fingerprint density at radius 3 is 2.50 bits per heavy atom. The van der Waals surface area contributed by atoms with Gasteiger partial charge in [0.25, 0.3) is 0 Å². The van der Waals surface area contributed by atoms with E-state index in [1.54, 1.807) is 11.8 Å². The van der Waals surface area contributed by atoms with E-state index in [0.29, 0.717) is 6.54 Å². The monoisotopic (exact) mass is 239 g/mol. The Balaban J connectivity index is 2.17. The smallest absolute Gasteiger partial charge is 0.224 e. The molecule has 1 aliphatic heterocycles. The summed E-state index contributed by atoms with van der Waals surface area (Å²) in [6.45, 7) is 2.12. The number of fused-ring (bicyclic) bond motifs is 2. The van der Waals surface area contributed by atoms with Gasteiger partial charge < -0.3 is 9.64 Å². The highest BCUT2D eigenvalue weighted by Gasteiger charge is 2.22. The van der Waals surface area contributed by atoms with E-state index in [0.717, 1.165) is 22.7 Å². The third kappa shape index (κ3) is 1.74. The number of hydrogen-bond donors (Lipinski definition) is 0. The van der Waals surface area contributed by atoms with E-state index >= 15 is 0 Å². The third-order valence-electron chi connectivity index (χ3n) is 3.06. The van der Waals surface area contributed by atoms with Crippen LogP contribution in [0.2, 0.25) is 0 Å². The number of benzene rings is 2. The first-order valence-electron chi connectivity index (χ1n) is 5.88. The van der Waals surface area contributed by atoms with E-state index in [-0.39, 0.29) is 5.91 Å². The van der Waals surface area contributed by atoms with E-state index < -0.39 is 0 Å². The van der Waals surface area contributed by atoms with Gasteiger partial charge >= 0.3 is 0 Å². The molecule has 2 aromatic carbocycles. The molecule has 3 heteroatoms. The summed E-state index contributed by atoms with van der Waals surface area (Å²) >= 11 is 0. The van der Waals surface area contributed by atoms with Crippen LogP contribution in [-0.4, -0.2) is 5.91 Å². The zero-order valence-electron chi connectivity index (χ0n) is 10.1. The predicted molar refractivity (Wildman–Crippen MR) is 69.8 cm³/mol. The molecule has 0 saturated heterocycles. The molecule has 3 rings (SSSR count). The van der Waals surface area contributed by atoms with Crippen molar-refractivity contribution in [1.29, 1.82) is 0 Å². The second-order valence-corrected chi connectivity index (χ2v) is 4.28. The van der Waals surface area contributed by atoms with Crippen LogP contribution in [-0.2, 0) is 11.3 Å². The quantitative estimate of drug-likeness (QED) is 0.705.